The summed E-state index contributed by atoms with van der Waals surface area (Å²) < 4.78 is 12.8. The lowest BCUT2D eigenvalue weighted by atomic mass is 10.1. The number of nitro groups is 2. The van der Waals surface area contributed by atoms with Crippen LogP contribution in [0, 0.1) is 20.2 Å². The average molecular weight is 433 g/mol. The van der Waals surface area contributed by atoms with Crippen LogP contribution in [0.1, 0.15) is 6.23 Å². The lowest BCUT2D eigenvalue weighted by Gasteiger charge is -2.22. The number of benzene rings is 1. The Bertz CT molecular complexity index is 1170. The van der Waals surface area contributed by atoms with Crippen LogP contribution in [0.5, 0.6) is 5.75 Å². The van der Waals surface area contributed by atoms with Gasteiger partial charge in [-0.05, 0) is 6.07 Å². The number of anilines is 1. The highest BCUT2D eigenvalue weighted by atomic mass is 16.6. The van der Waals surface area contributed by atoms with Crippen LogP contribution in [0.4, 0.5) is 17.2 Å². The minimum atomic E-state index is -1.40. The molecule has 1 fully saturated rings. The summed E-state index contributed by atoms with van der Waals surface area (Å²) in [6.45, 7) is -0.566. The van der Waals surface area contributed by atoms with Gasteiger partial charge in [-0.25, -0.2) is 15.0 Å². The van der Waals surface area contributed by atoms with Gasteiger partial charge in [-0.1, -0.05) is 0 Å². The molecule has 4 atom stereocenters. The number of ether oxygens (including phenoxy) is 2. The maximum Gasteiger partial charge on any atom is 0.317 e. The highest BCUT2D eigenvalue weighted by molar-refractivity contribution is 5.81. The van der Waals surface area contributed by atoms with E-state index in [2.05, 4.69) is 15.0 Å². The highest BCUT2D eigenvalue weighted by Crippen LogP contribution is 2.38. The van der Waals surface area contributed by atoms with Crippen molar-refractivity contribution in [3.05, 3.63) is 51.1 Å². The normalized spacial score (nSPS) is 23.2. The molecule has 4 N–H and O–H groups in total. The van der Waals surface area contributed by atoms with E-state index in [-0.39, 0.29) is 22.7 Å². The molecule has 2 aromatic heterocycles. The summed E-state index contributed by atoms with van der Waals surface area (Å²) in [7, 11) is 0. The van der Waals surface area contributed by atoms with Crippen LogP contribution in [-0.4, -0.2) is 64.5 Å². The van der Waals surface area contributed by atoms with Gasteiger partial charge in [-0.3, -0.25) is 24.8 Å². The third-order valence-corrected chi connectivity index (χ3v) is 4.77. The molecular formula is C16H15N7O8. The van der Waals surface area contributed by atoms with Crippen LogP contribution in [0.3, 0.4) is 0 Å². The molecule has 1 saturated heterocycles. The molecule has 0 saturated carbocycles. The van der Waals surface area contributed by atoms with Crippen molar-refractivity contribution in [1.82, 2.24) is 19.5 Å². The van der Waals surface area contributed by atoms with Gasteiger partial charge < -0.3 is 25.4 Å². The van der Waals surface area contributed by atoms with E-state index in [1.54, 1.807) is 0 Å². The molecular weight excluding hydrogens is 418 g/mol. The number of non-ortho nitro benzene ring substituents is 1. The zero-order valence-corrected chi connectivity index (χ0v) is 15.5. The average Bonchev–Trinajstić information content (AvgIpc) is 3.30. The Labute approximate surface area is 172 Å². The van der Waals surface area contributed by atoms with Crippen molar-refractivity contribution in [3.8, 4) is 5.75 Å². The molecule has 4 rings (SSSR count). The maximum absolute atomic E-state index is 11.4. The Morgan fingerprint density at radius 1 is 1.23 bits per heavy atom. The van der Waals surface area contributed by atoms with E-state index in [1.165, 1.54) is 17.2 Å². The molecule has 0 radical (unpaired) electrons. The maximum atomic E-state index is 11.4. The Hall–Kier alpha value is -3.95. The van der Waals surface area contributed by atoms with E-state index in [1.807, 2.05) is 0 Å². The van der Waals surface area contributed by atoms with E-state index < -0.39 is 52.4 Å². The second-order valence-corrected chi connectivity index (χ2v) is 6.57. The molecule has 1 aromatic carbocycles. The van der Waals surface area contributed by atoms with Crippen molar-refractivity contribution in [2.75, 3.05) is 12.3 Å². The van der Waals surface area contributed by atoms with Gasteiger partial charge in [0.1, 0.15) is 24.1 Å². The standard InChI is InChI=1S/C16H15N7O8/c17-14-11-15(19-5-18-14)21(6-20-11)16-13(12(25)10(4-24)31-16)30-9-2-1-7(22(26)27)3-8(9)23(28)29/h1-3,5-6,10,12-13,16,24-25H,4H2,(H2,17,18,19)/t10-,12-,13-,16-/m1/s1. The Kier molecular flexibility index (Phi) is 5.05. The molecule has 0 aliphatic carbocycles. The van der Waals surface area contributed by atoms with Crippen LogP contribution in [-0.2, 0) is 4.74 Å². The van der Waals surface area contributed by atoms with E-state index in [4.69, 9.17) is 15.2 Å². The molecule has 15 heteroatoms. The van der Waals surface area contributed by atoms with Gasteiger partial charge in [0.2, 0.25) is 0 Å². The number of rotatable bonds is 6. The Morgan fingerprint density at radius 2 is 2.00 bits per heavy atom. The first-order valence-electron chi connectivity index (χ1n) is 8.78. The third kappa shape index (κ3) is 3.45. The fourth-order valence-corrected chi connectivity index (χ4v) is 3.28. The van der Waals surface area contributed by atoms with Gasteiger partial charge >= 0.3 is 5.69 Å². The van der Waals surface area contributed by atoms with E-state index in [0.717, 1.165) is 18.2 Å². The summed E-state index contributed by atoms with van der Waals surface area (Å²) in [5, 5.41) is 42.5. The van der Waals surface area contributed by atoms with Crippen LogP contribution in [0.25, 0.3) is 11.2 Å². The SMILES string of the molecule is Nc1ncnc2c1ncn2[C@@H]1O[C@H](CO)[C@@H](O)[C@H]1Oc1ccc([N+](=O)[O-])cc1[N+](=O)[O-]. The fraction of sp³-hybridized carbons (Fsp3) is 0.312. The molecule has 31 heavy (non-hydrogen) atoms. The predicted molar refractivity (Wildman–Crippen MR) is 101 cm³/mol. The van der Waals surface area contributed by atoms with Crippen molar-refractivity contribution in [2.24, 2.45) is 0 Å². The topological polar surface area (TPSA) is 215 Å². The Morgan fingerprint density at radius 3 is 2.68 bits per heavy atom. The predicted octanol–water partition coefficient (Wildman–Crippen LogP) is -0.0769. The number of nitrogens with zero attached hydrogens (tertiary/aromatic N) is 6. The summed E-state index contributed by atoms with van der Waals surface area (Å²) in [6, 6.07) is 2.83. The molecule has 0 bridgehead atoms. The van der Waals surface area contributed by atoms with E-state index in [9.17, 15) is 30.4 Å². The van der Waals surface area contributed by atoms with Crippen molar-refractivity contribution in [3.63, 3.8) is 0 Å². The van der Waals surface area contributed by atoms with Gasteiger partial charge in [-0.2, -0.15) is 0 Å². The summed E-state index contributed by atoms with van der Waals surface area (Å²) in [5.41, 5.74) is 5.11. The molecule has 0 spiro atoms. The zero-order valence-electron chi connectivity index (χ0n) is 15.5. The molecule has 15 nitrogen and oxygen atoms in total. The van der Waals surface area contributed by atoms with Crippen LogP contribution in [0.15, 0.2) is 30.9 Å². The van der Waals surface area contributed by atoms with E-state index in [0.29, 0.717) is 0 Å². The van der Waals surface area contributed by atoms with Crippen LogP contribution < -0.4 is 10.5 Å². The molecule has 162 valence electrons. The van der Waals surface area contributed by atoms with E-state index >= 15 is 0 Å². The lowest BCUT2D eigenvalue weighted by molar-refractivity contribution is -0.394. The van der Waals surface area contributed by atoms with Gasteiger partial charge in [-0.15, -0.1) is 0 Å². The van der Waals surface area contributed by atoms with Crippen molar-refractivity contribution < 1.29 is 29.5 Å². The number of aliphatic hydroxyl groups excluding tert-OH is 2. The number of fused-ring (bicyclic) bond motifs is 1. The van der Waals surface area contributed by atoms with Gasteiger partial charge in [0.25, 0.3) is 5.69 Å². The minimum Gasteiger partial charge on any atom is -0.476 e. The van der Waals surface area contributed by atoms with Crippen molar-refractivity contribution in [1.29, 1.82) is 0 Å². The molecule has 0 amide bonds. The van der Waals surface area contributed by atoms with Gasteiger partial charge in [0, 0.05) is 6.07 Å². The molecule has 3 heterocycles. The van der Waals surface area contributed by atoms with Crippen molar-refractivity contribution >= 4 is 28.4 Å². The number of nitro benzene ring substituents is 2. The summed E-state index contributed by atoms with van der Waals surface area (Å²) in [6.07, 6.45) is -2.34. The molecule has 3 aromatic rings. The number of hydrogen-bond donors (Lipinski definition) is 3. The number of aliphatic hydroxyl groups is 2. The quantitative estimate of drug-likeness (QED) is 0.344. The number of aromatic nitrogens is 4. The molecule has 0 unspecified atom stereocenters. The van der Waals surface area contributed by atoms with Gasteiger partial charge in [0.15, 0.2) is 29.5 Å². The minimum absolute atomic E-state index is 0.101. The van der Waals surface area contributed by atoms with Crippen molar-refractivity contribution in [2.45, 2.75) is 24.5 Å². The molecule has 1 aliphatic rings. The number of nitrogens with two attached hydrogens (primary N) is 1. The summed E-state index contributed by atoms with van der Waals surface area (Å²) >= 11 is 0. The van der Waals surface area contributed by atoms with Gasteiger partial charge in [0.05, 0.1) is 28.8 Å². The first kappa shape index (κ1) is 20.3. The lowest BCUT2D eigenvalue weighted by Crippen LogP contribution is -2.37. The highest BCUT2D eigenvalue weighted by Gasteiger charge is 2.47. The third-order valence-electron chi connectivity index (χ3n) is 4.77. The first-order valence-corrected chi connectivity index (χ1v) is 8.78. The number of nitrogen functional groups attached to an aromatic ring is 1. The van der Waals surface area contributed by atoms with Crippen LogP contribution >= 0.6 is 0 Å². The summed E-state index contributed by atoms with van der Waals surface area (Å²) in [4.78, 5) is 32.8. The number of imidazole rings is 1. The zero-order chi connectivity index (χ0) is 22.3. The summed E-state index contributed by atoms with van der Waals surface area (Å²) in [5.74, 6) is -0.227. The fourth-order valence-electron chi connectivity index (χ4n) is 3.28. The largest absolute Gasteiger partial charge is 0.476 e. The Balaban J connectivity index is 1.75. The molecule has 1 aliphatic heterocycles. The van der Waals surface area contributed by atoms with Crippen LogP contribution in [0.2, 0.25) is 0 Å². The monoisotopic (exact) mass is 433 g/mol. The number of hydrogen-bond acceptors (Lipinski definition) is 12. The first-order chi connectivity index (χ1) is 14.8. The second-order valence-electron chi connectivity index (χ2n) is 6.57. The second kappa shape index (κ2) is 7.71. The smallest absolute Gasteiger partial charge is 0.317 e.